The lowest BCUT2D eigenvalue weighted by Gasteiger charge is -2.41. The van der Waals surface area contributed by atoms with Crippen molar-refractivity contribution in [2.75, 3.05) is 36.8 Å². The van der Waals surface area contributed by atoms with Gasteiger partial charge in [0.15, 0.2) is 0 Å². The third-order valence-corrected chi connectivity index (χ3v) is 7.44. The molecule has 2 aromatic carbocycles. The van der Waals surface area contributed by atoms with E-state index in [-0.39, 0.29) is 5.56 Å². The minimum Gasteiger partial charge on any atom is -0.397 e. The fourth-order valence-corrected chi connectivity index (χ4v) is 5.60. The molecule has 4 aromatic rings. The number of benzene rings is 2. The van der Waals surface area contributed by atoms with Gasteiger partial charge in [0.25, 0.3) is 5.56 Å². The van der Waals surface area contributed by atoms with Crippen molar-refractivity contribution >= 4 is 33.3 Å². The van der Waals surface area contributed by atoms with Gasteiger partial charge in [-0.3, -0.25) is 9.69 Å². The number of hydrogen-bond acceptors (Lipinski definition) is 5. The zero-order valence-electron chi connectivity index (χ0n) is 18.8. The highest BCUT2D eigenvalue weighted by Crippen LogP contribution is 2.30. The van der Waals surface area contributed by atoms with Crippen molar-refractivity contribution in [1.29, 1.82) is 0 Å². The second kappa shape index (κ2) is 8.23. The number of fused-ring (bicyclic) bond motifs is 2. The minimum atomic E-state index is -0.232. The van der Waals surface area contributed by atoms with Gasteiger partial charge in [0.2, 0.25) is 0 Å². The van der Waals surface area contributed by atoms with Crippen molar-refractivity contribution in [2.24, 2.45) is 0 Å². The Balaban J connectivity index is 1.27. The van der Waals surface area contributed by atoms with Gasteiger partial charge in [0.05, 0.1) is 22.2 Å². The average Bonchev–Trinajstić information content (AvgIpc) is 3.27. The van der Waals surface area contributed by atoms with Crippen molar-refractivity contribution in [1.82, 2.24) is 19.9 Å². The van der Waals surface area contributed by atoms with Crippen LogP contribution in [0, 0.1) is 0 Å². The van der Waals surface area contributed by atoms with Crippen LogP contribution >= 0.6 is 0 Å². The van der Waals surface area contributed by atoms with Crippen molar-refractivity contribution in [3.63, 3.8) is 0 Å². The van der Waals surface area contributed by atoms with E-state index < -0.39 is 0 Å². The summed E-state index contributed by atoms with van der Waals surface area (Å²) in [7, 11) is 0. The lowest BCUT2D eigenvalue weighted by Crippen LogP contribution is -2.50. The standard InChI is InChI=1S/C26H30N6O/c27-24-19-8-4-5-9-20(19)30-26(33)23(24)25-28-21-11-10-18(16-22(21)29-25)32-14-12-31(13-15-32)17-6-2-1-3-7-17/h4-5,8-11,16-17H,1-3,6-7,12-15H2,(H,28,29)(H3,27,30,33). The molecule has 170 valence electrons. The predicted octanol–water partition coefficient (Wildman–Crippen LogP) is 4.11. The maximum atomic E-state index is 12.8. The van der Waals surface area contributed by atoms with E-state index in [1.165, 1.54) is 37.8 Å². The molecule has 1 aliphatic carbocycles. The summed E-state index contributed by atoms with van der Waals surface area (Å²) in [5, 5.41) is 0.823. The fraction of sp³-hybridized carbons (Fsp3) is 0.385. The summed E-state index contributed by atoms with van der Waals surface area (Å²) in [6, 6.07) is 14.7. The average molecular weight is 443 g/mol. The van der Waals surface area contributed by atoms with Gasteiger partial charge in [0, 0.05) is 43.3 Å². The Labute approximate surface area is 192 Å². The van der Waals surface area contributed by atoms with Crippen LogP contribution in [0.15, 0.2) is 47.3 Å². The molecule has 0 spiro atoms. The molecule has 4 N–H and O–H groups in total. The van der Waals surface area contributed by atoms with Crippen LogP contribution in [-0.2, 0) is 0 Å². The summed E-state index contributed by atoms with van der Waals surface area (Å²) >= 11 is 0. The quantitative estimate of drug-likeness (QED) is 0.444. The maximum Gasteiger partial charge on any atom is 0.261 e. The third kappa shape index (κ3) is 3.66. The molecule has 2 fully saturated rings. The first-order valence-electron chi connectivity index (χ1n) is 12.1. The molecule has 0 radical (unpaired) electrons. The Morgan fingerprint density at radius 3 is 2.52 bits per heavy atom. The Kier molecular flexibility index (Phi) is 5.06. The van der Waals surface area contributed by atoms with Gasteiger partial charge in [-0.05, 0) is 37.1 Å². The second-order valence-electron chi connectivity index (χ2n) is 9.39. The molecule has 0 atom stereocenters. The number of aromatic amines is 2. The number of pyridine rings is 1. The van der Waals surface area contributed by atoms with Crippen molar-refractivity contribution in [3.05, 3.63) is 52.8 Å². The molecule has 2 aliphatic rings. The number of para-hydroxylation sites is 1. The van der Waals surface area contributed by atoms with E-state index >= 15 is 0 Å². The van der Waals surface area contributed by atoms with E-state index in [2.05, 4.69) is 38.0 Å². The summed E-state index contributed by atoms with van der Waals surface area (Å²) < 4.78 is 0. The molecule has 6 rings (SSSR count). The first-order valence-corrected chi connectivity index (χ1v) is 12.1. The highest BCUT2D eigenvalue weighted by atomic mass is 16.1. The van der Waals surface area contributed by atoms with Crippen LogP contribution in [-0.4, -0.2) is 52.1 Å². The van der Waals surface area contributed by atoms with Gasteiger partial charge in [-0.25, -0.2) is 4.98 Å². The molecule has 33 heavy (non-hydrogen) atoms. The SMILES string of the molecule is Nc1c(-c2nc3cc(N4CCN(C5CCCCC5)CC4)ccc3[nH]2)c(=O)[nH]c2ccccc12. The number of piperazine rings is 1. The molecule has 7 nitrogen and oxygen atoms in total. The zero-order valence-corrected chi connectivity index (χ0v) is 18.8. The smallest absolute Gasteiger partial charge is 0.261 e. The Bertz CT molecular complexity index is 1360. The van der Waals surface area contributed by atoms with Crippen molar-refractivity contribution in [3.8, 4) is 11.4 Å². The van der Waals surface area contributed by atoms with Gasteiger partial charge in [-0.1, -0.05) is 37.5 Å². The Morgan fingerprint density at radius 1 is 0.909 bits per heavy atom. The molecule has 1 saturated heterocycles. The summed E-state index contributed by atoms with van der Waals surface area (Å²) in [5.41, 5.74) is 10.7. The molecule has 1 saturated carbocycles. The molecule has 2 aromatic heterocycles. The molecule has 3 heterocycles. The monoisotopic (exact) mass is 442 g/mol. The van der Waals surface area contributed by atoms with Gasteiger partial charge in [0.1, 0.15) is 11.4 Å². The van der Waals surface area contributed by atoms with E-state index in [0.717, 1.165) is 54.2 Å². The number of nitrogens with two attached hydrogens (primary N) is 1. The summed E-state index contributed by atoms with van der Waals surface area (Å²) in [6.45, 7) is 4.32. The van der Waals surface area contributed by atoms with Crippen LogP contribution in [0.25, 0.3) is 33.3 Å². The van der Waals surface area contributed by atoms with E-state index in [1.54, 1.807) is 0 Å². The Morgan fingerprint density at radius 2 is 1.70 bits per heavy atom. The van der Waals surface area contributed by atoms with Crippen LogP contribution in [0.2, 0.25) is 0 Å². The summed E-state index contributed by atoms with van der Waals surface area (Å²) in [6.07, 6.45) is 6.89. The van der Waals surface area contributed by atoms with E-state index in [4.69, 9.17) is 10.7 Å². The van der Waals surface area contributed by atoms with E-state index in [0.29, 0.717) is 17.1 Å². The first-order chi connectivity index (χ1) is 16.2. The van der Waals surface area contributed by atoms with Gasteiger partial charge in [-0.15, -0.1) is 0 Å². The second-order valence-corrected chi connectivity index (χ2v) is 9.39. The third-order valence-electron chi connectivity index (χ3n) is 7.44. The Hall–Kier alpha value is -3.32. The minimum absolute atomic E-state index is 0.232. The molecule has 0 bridgehead atoms. The van der Waals surface area contributed by atoms with Crippen LogP contribution in [0.5, 0.6) is 0 Å². The van der Waals surface area contributed by atoms with Gasteiger partial charge in [-0.2, -0.15) is 0 Å². The molecule has 7 heteroatoms. The lowest BCUT2D eigenvalue weighted by atomic mass is 9.94. The molecule has 0 unspecified atom stereocenters. The highest BCUT2D eigenvalue weighted by Gasteiger charge is 2.25. The first kappa shape index (κ1) is 20.3. The van der Waals surface area contributed by atoms with Crippen LogP contribution in [0.3, 0.4) is 0 Å². The zero-order chi connectivity index (χ0) is 22.4. The number of hydrogen-bond donors (Lipinski definition) is 3. The molecule has 0 amide bonds. The van der Waals surface area contributed by atoms with Crippen LogP contribution < -0.4 is 16.2 Å². The van der Waals surface area contributed by atoms with Gasteiger partial charge >= 0.3 is 0 Å². The number of rotatable bonds is 3. The summed E-state index contributed by atoms with van der Waals surface area (Å²) in [4.78, 5) is 28.9. The number of anilines is 2. The normalized spacial score (nSPS) is 18.4. The maximum absolute atomic E-state index is 12.8. The van der Waals surface area contributed by atoms with Crippen LogP contribution in [0.1, 0.15) is 32.1 Å². The topological polar surface area (TPSA) is 94.0 Å². The number of nitrogens with one attached hydrogen (secondary N) is 2. The molecule has 1 aliphatic heterocycles. The number of aromatic nitrogens is 3. The fourth-order valence-electron chi connectivity index (χ4n) is 5.60. The number of nitrogen functional groups attached to an aromatic ring is 1. The van der Waals surface area contributed by atoms with Crippen molar-refractivity contribution < 1.29 is 0 Å². The highest BCUT2D eigenvalue weighted by molar-refractivity contribution is 5.97. The number of imidazole rings is 1. The largest absolute Gasteiger partial charge is 0.397 e. The van der Waals surface area contributed by atoms with E-state index in [9.17, 15) is 4.79 Å². The van der Waals surface area contributed by atoms with E-state index in [1.807, 2.05) is 24.3 Å². The lowest BCUT2D eigenvalue weighted by molar-refractivity contribution is 0.148. The molecular weight excluding hydrogens is 412 g/mol. The number of nitrogens with zero attached hydrogens (tertiary/aromatic N) is 3. The predicted molar refractivity (Wildman–Crippen MR) is 135 cm³/mol. The number of H-pyrrole nitrogens is 2. The van der Waals surface area contributed by atoms with Gasteiger partial charge < -0.3 is 20.6 Å². The summed E-state index contributed by atoms with van der Waals surface area (Å²) in [5.74, 6) is 0.508. The van der Waals surface area contributed by atoms with Crippen molar-refractivity contribution in [2.45, 2.75) is 38.1 Å². The molecular formula is C26H30N6O. The van der Waals surface area contributed by atoms with Crippen LogP contribution in [0.4, 0.5) is 11.4 Å².